The maximum Gasteiger partial charge on any atom is 0.326 e. The molecule has 0 bridgehead atoms. The van der Waals surface area contributed by atoms with Crippen LogP contribution in [-0.2, 0) is 4.79 Å². The van der Waals surface area contributed by atoms with Gasteiger partial charge in [-0.25, -0.2) is 9.59 Å². The fourth-order valence-corrected chi connectivity index (χ4v) is 3.36. The van der Waals surface area contributed by atoms with E-state index in [2.05, 4.69) is 10.2 Å². The molecule has 2 saturated heterocycles. The predicted octanol–water partition coefficient (Wildman–Crippen LogP) is 1.36. The molecule has 0 saturated carbocycles. The topological polar surface area (TPSA) is 72.9 Å². The number of aliphatic carboxylic acids is 1. The van der Waals surface area contributed by atoms with Crippen LogP contribution in [0.2, 0.25) is 0 Å². The summed E-state index contributed by atoms with van der Waals surface area (Å²) in [5.41, 5.74) is 0. The van der Waals surface area contributed by atoms with Crippen LogP contribution in [0.5, 0.6) is 0 Å². The molecule has 2 heterocycles. The third kappa shape index (κ3) is 3.67. The Labute approximate surface area is 126 Å². The molecular weight excluding hydrogens is 270 g/mol. The molecule has 2 unspecified atom stereocenters. The largest absolute Gasteiger partial charge is 0.480 e. The maximum atomic E-state index is 12.4. The molecule has 0 aromatic carbocycles. The first-order chi connectivity index (χ1) is 9.90. The second kappa shape index (κ2) is 6.64. The quantitative estimate of drug-likeness (QED) is 0.825. The molecule has 21 heavy (non-hydrogen) atoms. The third-order valence-corrected chi connectivity index (χ3v) is 4.66. The summed E-state index contributed by atoms with van der Waals surface area (Å²) < 4.78 is 0. The molecule has 0 aromatic heterocycles. The molecule has 2 N–H and O–H groups in total. The molecule has 6 nitrogen and oxygen atoms in total. The zero-order valence-corrected chi connectivity index (χ0v) is 13.2. The third-order valence-electron chi connectivity index (χ3n) is 4.66. The van der Waals surface area contributed by atoms with Crippen molar-refractivity contribution in [3.8, 4) is 0 Å². The highest BCUT2D eigenvalue weighted by atomic mass is 16.4. The van der Waals surface area contributed by atoms with Crippen molar-refractivity contribution in [2.45, 2.75) is 58.2 Å². The first-order valence-corrected chi connectivity index (χ1v) is 7.94. The smallest absolute Gasteiger partial charge is 0.326 e. The number of nitrogens with zero attached hydrogens (tertiary/aromatic N) is 2. The molecule has 120 valence electrons. The minimum absolute atomic E-state index is 0.126. The minimum atomic E-state index is -0.970. The van der Waals surface area contributed by atoms with Crippen LogP contribution in [0.25, 0.3) is 0 Å². The normalized spacial score (nSPS) is 28.1. The number of hydrogen-bond acceptors (Lipinski definition) is 3. The number of amides is 2. The van der Waals surface area contributed by atoms with Crippen molar-refractivity contribution in [1.82, 2.24) is 15.1 Å². The van der Waals surface area contributed by atoms with Crippen molar-refractivity contribution < 1.29 is 14.7 Å². The van der Waals surface area contributed by atoms with Crippen molar-refractivity contribution >= 4 is 12.0 Å². The van der Waals surface area contributed by atoms with E-state index >= 15 is 0 Å². The average molecular weight is 297 g/mol. The Bertz CT molecular complexity index is 400. The Morgan fingerprint density at radius 3 is 2.57 bits per heavy atom. The van der Waals surface area contributed by atoms with Gasteiger partial charge in [-0.15, -0.1) is 0 Å². The number of carbonyl (C=O) groups is 2. The van der Waals surface area contributed by atoms with Gasteiger partial charge in [0.2, 0.25) is 0 Å². The van der Waals surface area contributed by atoms with Crippen LogP contribution in [0.3, 0.4) is 0 Å². The Kier molecular flexibility index (Phi) is 5.08. The van der Waals surface area contributed by atoms with Crippen LogP contribution in [0.1, 0.15) is 40.0 Å². The first-order valence-electron chi connectivity index (χ1n) is 7.94. The van der Waals surface area contributed by atoms with Crippen LogP contribution in [-0.4, -0.2) is 64.7 Å². The molecule has 0 aromatic rings. The zero-order chi connectivity index (χ0) is 15.6. The highest BCUT2D eigenvalue weighted by Crippen LogP contribution is 2.24. The minimum Gasteiger partial charge on any atom is -0.480 e. The van der Waals surface area contributed by atoms with E-state index < -0.39 is 12.0 Å². The van der Waals surface area contributed by atoms with E-state index in [0.29, 0.717) is 12.6 Å². The summed E-state index contributed by atoms with van der Waals surface area (Å²) in [7, 11) is 0. The van der Waals surface area contributed by atoms with E-state index in [0.717, 1.165) is 19.5 Å². The second-order valence-electron chi connectivity index (χ2n) is 6.66. The van der Waals surface area contributed by atoms with Gasteiger partial charge in [0.25, 0.3) is 0 Å². The van der Waals surface area contributed by atoms with Gasteiger partial charge in [-0.2, -0.15) is 0 Å². The lowest BCUT2D eigenvalue weighted by atomic mass is 9.97. The van der Waals surface area contributed by atoms with E-state index in [1.807, 2.05) is 25.7 Å². The van der Waals surface area contributed by atoms with Crippen LogP contribution < -0.4 is 5.32 Å². The van der Waals surface area contributed by atoms with Gasteiger partial charge in [0, 0.05) is 25.2 Å². The number of hydrogen-bond donors (Lipinski definition) is 2. The molecule has 0 spiro atoms. The SMILES string of the molecule is CC(C)[C@@H](NC(=O)N1CC2CCCCN2CC1C)C(=O)O. The van der Waals surface area contributed by atoms with E-state index in [9.17, 15) is 14.7 Å². The van der Waals surface area contributed by atoms with Gasteiger partial charge >= 0.3 is 12.0 Å². The number of piperidine rings is 1. The van der Waals surface area contributed by atoms with Crippen molar-refractivity contribution in [3.05, 3.63) is 0 Å². The summed E-state index contributed by atoms with van der Waals surface area (Å²) >= 11 is 0. The number of carboxylic acid groups (broad SMARTS) is 1. The highest BCUT2D eigenvalue weighted by molar-refractivity contribution is 5.83. The Hall–Kier alpha value is -1.30. The lowest BCUT2D eigenvalue weighted by molar-refractivity contribution is -0.140. The van der Waals surface area contributed by atoms with Gasteiger partial charge in [0.05, 0.1) is 0 Å². The Balaban J connectivity index is 1.99. The summed E-state index contributed by atoms with van der Waals surface area (Å²) in [6.07, 6.45) is 3.58. The summed E-state index contributed by atoms with van der Waals surface area (Å²) in [5.74, 6) is -1.10. The van der Waals surface area contributed by atoms with E-state index in [-0.39, 0.29) is 18.0 Å². The molecular formula is C15H27N3O3. The van der Waals surface area contributed by atoms with Crippen molar-refractivity contribution in [1.29, 1.82) is 0 Å². The molecule has 2 rings (SSSR count). The van der Waals surface area contributed by atoms with E-state index in [1.165, 1.54) is 12.8 Å². The number of carboxylic acids is 1. The molecule has 0 radical (unpaired) electrons. The molecule has 2 aliphatic heterocycles. The second-order valence-corrected chi connectivity index (χ2v) is 6.66. The standard InChI is InChI=1S/C15H27N3O3/c1-10(2)13(14(19)20)16-15(21)18-9-12-6-4-5-7-17(12)8-11(18)3/h10-13H,4-9H2,1-3H3,(H,16,21)(H,19,20)/t11?,12?,13-/m1/s1. The van der Waals surface area contributed by atoms with Gasteiger partial charge in [0.1, 0.15) is 6.04 Å². The van der Waals surface area contributed by atoms with Gasteiger partial charge in [0.15, 0.2) is 0 Å². The lowest BCUT2D eigenvalue weighted by Gasteiger charge is -2.47. The average Bonchev–Trinajstić information content (AvgIpc) is 2.43. The fourth-order valence-electron chi connectivity index (χ4n) is 3.36. The van der Waals surface area contributed by atoms with Crippen LogP contribution >= 0.6 is 0 Å². The molecule has 2 amide bonds. The van der Waals surface area contributed by atoms with E-state index in [1.54, 1.807) is 0 Å². The van der Waals surface area contributed by atoms with Crippen molar-refractivity contribution in [3.63, 3.8) is 0 Å². The van der Waals surface area contributed by atoms with Crippen LogP contribution in [0.15, 0.2) is 0 Å². The number of nitrogens with one attached hydrogen (secondary N) is 1. The van der Waals surface area contributed by atoms with Crippen molar-refractivity contribution in [2.24, 2.45) is 5.92 Å². The Morgan fingerprint density at radius 1 is 1.24 bits per heavy atom. The van der Waals surface area contributed by atoms with Crippen molar-refractivity contribution in [2.75, 3.05) is 19.6 Å². The highest BCUT2D eigenvalue weighted by Gasteiger charge is 2.36. The Morgan fingerprint density at radius 2 is 1.95 bits per heavy atom. The summed E-state index contributed by atoms with van der Waals surface area (Å²) in [6, 6.07) is -0.508. The summed E-state index contributed by atoms with van der Waals surface area (Å²) in [6.45, 7) is 8.36. The zero-order valence-electron chi connectivity index (χ0n) is 13.2. The number of urea groups is 1. The molecule has 6 heteroatoms. The molecule has 2 aliphatic rings. The summed E-state index contributed by atoms with van der Waals surface area (Å²) in [4.78, 5) is 27.9. The summed E-state index contributed by atoms with van der Waals surface area (Å²) in [5, 5.41) is 11.9. The van der Waals surface area contributed by atoms with Gasteiger partial charge in [-0.1, -0.05) is 20.3 Å². The number of piperazine rings is 1. The molecule has 0 aliphatic carbocycles. The molecule has 2 fully saturated rings. The number of rotatable bonds is 3. The van der Waals surface area contributed by atoms with Gasteiger partial charge in [-0.05, 0) is 32.2 Å². The fraction of sp³-hybridized carbons (Fsp3) is 0.867. The van der Waals surface area contributed by atoms with Gasteiger partial charge in [-0.3, -0.25) is 4.90 Å². The van der Waals surface area contributed by atoms with Gasteiger partial charge < -0.3 is 15.3 Å². The monoisotopic (exact) mass is 297 g/mol. The number of fused-ring (bicyclic) bond motifs is 1. The van der Waals surface area contributed by atoms with Crippen LogP contribution in [0, 0.1) is 5.92 Å². The predicted molar refractivity (Wildman–Crippen MR) is 80.2 cm³/mol. The molecule has 3 atom stereocenters. The number of carbonyl (C=O) groups excluding carboxylic acids is 1. The first kappa shape index (κ1) is 16.1. The van der Waals surface area contributed by atoms with E-state index in [4.69, 9.17) is 0 Å². The van der Waals surface area contributed by atoms with Crippen LogP contribution in [0.4, 0.5) is 4.79 Å². The lowest BCUT2D eigenvalue weighted by Crippen LogP contribution is -2.63. The maximum absolute atomic E-state index is 12.4.